The zero-order chi connectivity index (χ0) is 14.5. The van der Waals surface area contributed by atoms with Crippen molar-refractivity contribution in [1.82, 2.24) is 9.80 Å². The molecule has 2 saturated heterocycles. The maximum Gasteiger partial charge on any atom is 0.156 e. The Morgan fingerprint density at radius 3 is 2.90 bits per heavy atom. The van der Waals surface area contributed by atoms with E-state index in [0.717, 1.165) is 45.6 Å². The maximum absolute atomic E-state index is 8.92. The normalized spacial score (nSPS) is 30.9. The van der Waals surface area contributed by atoms with Gasteiger partial charge in [-0.25, -0.2) is 0 Å². The predicted molar refractivity (Wildman–Crippen MR) is 79.1 cm³/mol. The van der Waals surface area contributed by atoms with Gasteiger partial charge in [0.15, 0.2) is 5.84 Å². The van der Waals surface area contributed by atoms with Crippen LogP contribution >= 0.6 is 0 Å². The smallest absolute Gasteiger partial charge is 0.156 e. The van der Waals surface area contributed by atoms with Crippen LogP contribution in [-0.2, 0) is 4.74 Å². The van der Waals surface area contributed by atoms with Crippen molar-refractivity contribution in [3.8, 4) is 0 Å². The fraction of sp³-hybridized carbons (Fsp3) is 0.929. The Labute approximate surface area is 121 Å². The van der Waals surface area contributed by atoms with E-state index in [9.17, 15) is 0 Å². The van der Waals surface area contributed by atoms with E-state index in [1.165, 1.54) is 6.42 Å². The van der Waals surface area contributed by atoms with Crippen molar-refractivity contribution in [3.63, 3.8) is 0 Å². The first-order valence-corrected chi connectivity index (χ1v) is 7.69. The van der Waals surface area contributed by atoms with Gasteiger partial charge in [-0.2, -0.15) is 0 Å². The first-order valence-electron chi connectivity index (χ1n) is 7.69. The molecule has 0 aromatic heterocycles. The highest BCUT2D eigenvalue weighted by molar-refractivity contribution is 5.85. The van der Waals surface area contributed by atoms with Crippen LogP contribution in [0.3, 0.4) is 0 Å². The zero-order valence-corrected chi connectivity index (χ0v) is 12.7. The number of nitrogens with zero attached hydrogens (tertiary/aromatic N) is 3. The quantitative estimate of drug-likeness (QED) is 0.344. The van der Waals surface area contributed by atoms with Crippen LogP contribution in [0.15, 0.2) is 5.16 Å². The molecule has 6 nitrogen and oxygen atoms in total. The minimum absolute atomic E-state index is 0.0618. The molecule has 116 valence electrons. The molecule has 0 aromatic carbocycles. The third-order valence-electron chi connectivity index (χ3n) is 4.41. The minimum atomic E-state index is 0.0618. The van der Waals surface area contributed by atoms with Gasteiger partial charge in [-0.1, -0.05) is 11.6 Å². The number of hydrogen-bond acceptors (Lipinski definition) is 5. The summed E-state index contributed by atoms with van der Waals surface area (Å²) in [5.41, 5.74) is 5.83. The number of nitrogens with two attached hydrogens (primary N) is 1. The van der Waals surface area contributed by atoms with Crippen molar-refractivity contribution in [3.05, 3.63) is 0 Å². The van der Waals surface area contributed by atoms with Gasteiger partial charge in [0.25, 0.3) is 0 Å². The molecule has 2 atom stereocenters. The summed E-state index contributed by atoms with van der Waals surface area (Å²) >= 11 is 0. The average Bonchev–Trinajstić information content (AvgIpc) is 2.47. The van der Waals surface area contributed by atoms with Crippen LogP contribution in [-0.4, -0.2) is 71.8 Å². The second kappa shape index (κ2) is 7.24. The topological polar surface area (TPSA) is 74.3 Å². The molecule has 6 heteroatoms. The Balaban J connectivity index is 1.93. The summed E-state index contributed by atoms with van der Waals surface area (Å²) in [6, 6.07) is 0.620. The standard InChI is InChI=1S/C14H28N4O2/c1-11(2)17-7-8-20-12(9-17)10-18-6-4-3-5-13(18)14(15)16-19/h11-13,19H,3-10H2,1-2H3,(H2,15,16). The molecule has 0 aliphatic carbocycles. The first kappa shape index (κ1) is 15.5. The van der Waals surface area contributed by atoms with Crippen LogP contribution in [0.4, 0.5) is 0 Å². The number of hydrogen-bond donors (Lipinski definition) is 2. The number of piperidine rings is 1. The van der Waals surface area contributed by atoms with E-state index in [0.29, 0.717) is 11.9 Å². The van der Waals surface area contributed by atoms with E-state index in [2.05, 4.69) is 28.8 Å². The maximum atomic E-state index is 8.92. The SMILES string of the molecule is CC(C)N1CCOC(CN2CCCCC2C(N)=NO)C1. The van der Waals surface area contributed by atoms with Gasteiger partial charge in [-0.15, -0.1) is 0 Å². The van der Waals surface area contributed by atoms with Crippen molar-refractivity contribution >= 4 is 5.84 Å². The van der Waals surface area contributed by atoms with E-state index in [-0.39, 0.29) is 12.1 Å². The summed E-state index contributed by atoms with van der Waals surface area (Å²) < 4.78 is 5.90. The Kier molecular flexibility index (Phi) is 5.63. The van der Waals surface area contributed by atoms with Crippen LogP contribution < -0.4 is 5.73 Å². The lowest BCUT2D eigenvalue weighted by molar-refractivity contribution is -0.0565. The summed E-state index contributed by atoms with van der Waals surface area (Å²) in [6.45, 7) is 9.09. The Bertz CT molecular complexity index is 335. The van der Waals surface area contributed by atoms with Crippen molar-refractivity contribution in [2.24, 2.45) is 10.9 Å². The van der Waals surface area contributed by atoms with Gasteiger partial charge < -0.3 is 15.7 Å². The third kappa shape index (κ3) is 3.84. The molecule has 0 radical (unpaired) electrons. The van der Waals surface area contributed by atoms with Gasteiger partial charge >= 0.3 is 0 Å². The molecule has 0 bridgehead atoms. The molecule has 20 heavy (non-hydrogen) atoms. The van der Waals surface area contributed by atoms with Gasteiger partial charge in [0.1, 0.15) is 0 Å². The molecule has 0 saturated carbocycles. The summed E-state index contributed by atoms with van der Waals surface area (Å²) in [5.74, 6) is 0.334. The molecule has 2 aliphatic rings. The summed E-state index contributed by atoms with van der Waals surface area (Å²) in [5, 5.41) is 12.1. The fourth-order valence-electron chi connectivity index (χ4n) is 3.19. The minimum Gasteiger partial charge on any atom is -0.409 e. The van der Waals surface area contributed by atoms with Crippen LogP contribution in [0, 0.1) is 0 Å². The molecule has 2 unspecified atom stereocenters. The highest BCUT2D eigenvalue weighted by atomic mass is 16.5. The van der Waals surface area contributed by atoms with Crippen molar-refractivity contribution in [1.29, 1.82) is 0 Å². The van der Waals surface area contributed by atoms with Gasteiger partial charge in [-0.05, 0) is 33.2 Å². The van der Waals surface area contributed by atoms with E-state index in [4.69, 9.17) is 15.7 Å². The van der Waals surface area contributed by atoms with Gasteiger partial charge in [-0.3, -0.25) is 9.80 Å². The number of morpholine rings is 1. The average molecular weight is 284 g/mol. The lowest BCUT2D eigenvalue weighted by atomic mass is 10.0. The van der Waals surface area contributed by atoms with Crippen LogP contribution in [0.25, 0.3) is 0 Å². The van der Waals surface area contributed by atoms with Crippen LogP contribution in [0.1, 0.15) is 33.1 Å². The van der Waals surface area contributed by atoms with E-state index < -0.39 is 0 Å². The molecule has 3 N–H and O–H groups in total. The highest BCUT2D eigenvalue weighted by Gasteiger charge is 2.30. The monoisotopic (exact) mass is 284 g/mol. The van der Waals surface area contributed by atoms with Crippen molar-refractivity contribution in [2.45, 2.75) is 51.3 Å². The Hall–Kier alpha value is -0.850. The molecular weight excluding hydrogens is 256 g/mol. The van der Waals surface area contributed by atoms with Gasteiger partial charge in [0.05, 0.1) is 18.8 Å². The second-order valence-electron chi connectivity index (χ2n) is 6.11. The highest BCUT2D eigenvalue weighted by Crippen LogP contribution is 2.19. The molecule has 0 spiro atoms. The molecular formula is C14H28N4O2. The van der Waals surface area contributed by atoms with Crippen LogP contribution in [0.5, 0.6) is 0 Å². The van der Waals surface area contributed by atoms with E-state index >= 15 is 0 Å². The molecule has 0 aromatic rings. The summed E-state index contributed by atoms with van der Waals surface area (Å²) in [7, 11) is 0. The summed E-state index contributed by atoms with van der Waals surface area (Å²) in [6.07, 6.45) is 3.51. The number of ether oxygens (including phenoxy) is 1. The molecule has 2 rings (SSSR count). The largest absolute Gasteiger partial charge is 0.409 e. The van der Waals surface area contributed by atoms with Crippen molar-refractivity contribution < 1.29 is 9.94 Å². The van der Waals surface area contributed by atoms with Crippen molar-refractivity contribution in [2.75, 3.05) is 32.8 Å². The number of amidine groups is 1. The van der Waals surface area contributed by atoms with Crippen LogP contribution in [0.2, 0.25) is 0 Å². The number of oxime groups is 1. The molecule has 2 heterocycles. The fourth-order valence-corrected chi connectivity index (χ4v) is 3.19. The molecule has 2 fully saturated rings. The zero-order valence-electron chi connectivity index (χ0n) is 12.7. The summed E-state index contributed by atoms with van der Waals surface area (Å²) in [4.78, 5) is 4.77. The molecule has 0 amide bonds. The second-order valence-corrected chi connectivity index (χ2v) is 6.11. The van der Waals surface area contributed by atoms with Gasteiger partial charge in [0, 0.05) is 25.7 Å². The lowest BCUT2D eigenvalue weighted by Gasteiger charge is -2.41. The Morgan fingerprint density at radius 2 is 2.20 bits per heavy atom. The van der Waals surface area contributed by atoms with E-state index in [1.54, 1.807) is 0 Å². The molecule has 2 aliphatic heterocycles. The Morgan fingerprint density at radius 1 is 1.40 bits per heavy atom. The lowest BCUT2D eigenvalue weighted by Crippen LogP contribution is -2.54. The van der Waals surface area contributed by atoms with E-state index in [1.807, 2.05) is 0 Å². The van der Waals surface area contributed by atoms with Gasteiger partial charge in [0.2, 0.25) is 0 Å². The first-order chi connectivity index (χ1) is 9.61. The third-order valence-corrected chi connectivity index (χ3v) is 4.41. The number of likely N-dealkylation sites (tertiary alicyclic amines) is 1. The number of rotatable bonds is 4. The predicted octanol–water partition coefficient (Wildman–Crippen LogP) is 0.697.